The molecule has 0 aliphatic carbocycles. The summed E-state index contributed by atoms with van der Waals surface area (Å²) >= 11 is 26.0. The Bertz CT molecular complexity index is 1370. The standard InChI is InChI=1S/C24H20O8S4Si.CCl4/c1-5-29-17-13(25-1)9-33-21(17)37(22-18-14(10-34-22)26-2-6-30-18,23-19-15(11-35-23)27-3-7-31-19)24-20-16(12-36-24)28-4-8-32-20;2-1(3,4)5/h9-12H,1-8H2;. The van der Waals surface area contributed by atoms with E-state index in [1.165, 1.54) is 0 Å². The molecule has 0 aromatic carbocycles. The monoisotopic (exact) mass is 744 g/mol. The van der Waals surface area contributed by atoms with Gasteiger partial charge in [-0.2, -0.15) is 0 Å². The molecular weight excluding hydrogens is 726 g/mol. The van der Waals surface area contributed by atoms with Gasteiger partial charge < -0.3 is 37.9 Å². The van der Waals surface area contributed by atoms with E-state index in [4.69, 9.17) is 84.3 Å². The molecule has 0 spiro atoms. The molecule has 4 aromatic rings. The number of hydrogen-bond acceptors (Lipinski definition) is 12. The third kappa shape index (κ3) is 5.18. The van der Waals surface area contributed by atoms with Crippen LogP contribution in [0.3, 0.4) is 0 Å². The number of hydrogen-bond donors (Lipinski definition) is 0. The molecule has 0 fully saturated rings. The zero-order chi connectivity index (χ0) is 28.9. The van der Waals surface area contributed by atoms with Crippen LogP contribution in [0.25, 0.3) is 0 Å². The maximum Gasteiger partial charge on any atom is 0.266 e. The second kappa shape index (κ2) is 11.8. The fourth-order valence-corrected chi connectivity index (χ4v) is 19.5. The number of fused-ring (bicyclic) bond motifs is 4. The van der Waals surface area contributed by atoms with Gasteiger partial charge in [0.2, 0.25) is 8.07 Å². The van der Waals surface area contributed by atoms with Crippen molar-refractivity contribution in [3.05, 3.63) is 21.5 Å². The molecule has 0 saturated heterocycles. The number of ether oxygens (including phenoxy) is 8. The summed E-state index contributed by atoms with van der Waals surface area (Å²) < 4.78 is 52.4. The minimum Gasteiger partial charge on any atom is -0.485 e. The van der Waals surface area contributed by atoms with E-state index in [-0.39, 0.29) is 0 Å². The highest BCUT2D eigenvalue weighted by Gasteiger charge is 2.57. The lowest BCUT2D eigenvalue weighted by molar-refractivity contribution is 0.173. The molecule has 4 aromatic heterocycles. The van der Waals surface area contributed by atoms with Crippen LogP contribution < -0.4 is 55.9 Å². The average Bonchev–Trinajstić information content (AvgIpc) is 3.79. The predicted molar refractivity (Wildman–Crippen MR) is 172 cm³/mol. The molecule has 17 heteroatoms. The molecule has 42 heavy (non-hydrogen) atoms. The van der Waals surface area contributed by atoms with Crippen LogP contribution in [0, 0.1) is 0 Å². The first-order valence-corrected chi connectivity index (χ1v) is 19.6. The molecule has 0 N–H and O–H groups in total. The SMILES string of the molecule is ClC(Cl)(Cl)Cl.c1sc([Si](c2scc3c2OCCO3)(c2scc3c2OCCO3)c2scc3c2OCCO3)c2c1OCCO2. The number of alkyl halides is 4. The summed E-state index contributed by atoms with van der Waals surface area (Å²) in [6.45, 7) is 4.09. The van der Waals surface area contributed by atoms with Gasteiger partial charge in [-0.05, 0) is 0 Å². The van der Waals surface area contributed by atoms with E-state index in [9.17, 15) is 0 Å². The Kier molecular flexibility index (Phi) is 8.25. The first kappa shape index (κ1) is 29.3. The molecule has 0 radical (unpaired) electrons. The number of thiophene rings is 4. The molecule has 0 unspecified atom stereocenters. The Morgan fingerprint density at radius 2 is 0.643 bits per heavy atom. The van der Waals surface area contributed by atoms with Gasteiger partial charge in [-0.25, -0.2) is 0 Å². The van der Waals surface area contributed by atoms with E-state index < -0.39 is 11.3 Å². The Balaban J connectivity index is 0.000000534. The zero-order valence-corrected chi connectivity index (χ0v) is 28.7. The minimum atomic E-state index is -3.15. The van der Waals surface area contributed by atoms with Gasteiger partial charge in [0.15, 0.2) is 46.0 Å². The van der Waals surface area contributed by atoms with Crippen molar-refractivity contribution in [3.63, 3.8) is 0 Å². The predicted octanol–water partition coefficient (Wildman–Crippen LogP) is 4.95. The first-order chi connectivity index (χ1) is 20.4. The van der Waals surface area contributed by atoms with Gasteiger partial charge in [-0.15, -0.1) is 45.3 Å². The molecule has 0 amide bonds. The van der Waals surface area contributed by atoms with Crippen LogP contribution in [0.15, 0.2) is 21.5 Å². The molecule has 0 bridgehead atoms. The summed E-state index contributed by atoms with van der Waals surface area (Å²) in [6, 6.07) is 0. The van der Waals surface area contributed by atoms with Crippen molar-refractivity contribution in [2.75, 3.05) is 52.9 Å². The van der Waals surface area contributed by atoms with Crippen molar-refractivity contribution in [1.29, 1.82) is 0 Å². The fraction of sp³-hybridized carbons (Fsp3) is 0.360. The van der Waals surface area contributed by atoms with E-state index in [0.717, 1.165) is 64.0 Å². The van der Waals surface area contributed by atoms with Crippen LogP contribution in [0.2, 0.25) is 0 Å². The first-order valence-electron chi connectivity index (χ1n) is 12.6. The Hall–Kier alpha value is -1.42. The second-order valence-electron chi connectivity index (χ2n) is 9.00. The lowest BCUT2D eigenvalue weighted by Crippen LogP contribution is -2.73. The fourth-order valence-electron chi connectivity index (χ4n) is 5.11. The summed E-state index contributed by atoms with van der Waals surface area (Å²) in [6.07, 6.45) is 0. The molecule has 8 heterocycles. The van der Waals surface area contributed by atoms with Crippen LogP contribution in [-0.2, 0) is 0 Å². The average molecular weight is 747 g/mol. The molecule has 4 aliphatic heterocycles. The highest BCUT2D eigenvalue weighted by atomic mass is 35.6. The quantitative estimate of drug-likeness (QED) is 0.215. The maximum absolute atomic E-state index is 6.34. The Morgan fingerprint density at radius 3 is 0.881 bits per heavy atom. The molecule has 8 rings (SSSR count). The van der Waals surface area contributed by atoms with E-state index in [2.05, 4.69) is 21.5 Å². The van der Waals surface area contributed by atoms with Gasteiger partial charge >= 0.3 is 0 Å². The van der Waals surface area contributed by atoms with Crippen molar-refractivity contribution >= 4 is 118 Å². The summed E-state index contributed by atoms with van der Waals surface area (Å²) in [7, 11) is -3.15. The summed E-state index contributed by atoms with van der Waals surface area (Å²) in [5.74, 6) is 6.26. The molecule has 0 saturated carbocycles. The van der Waals surface area contributed by atoms with E-state index in [0.29, 0.717) is 52.9 Å². The molecular formula is C25H20Cl4O8S4Si. The molecule has 0 atom stereocenters. The minimum absolute atomic E-state index is 0.494. The smallest absolute Gasteiger partial charge is 0.266 e. The highest BCUT2D eigenvalue weighted by molar-refractivity contribution is 7.53. The molecule has 224 valence electrons. The van der Waals surface area contributed by atoms with Crippen LogP contribution >= 0.6 is 91.8 Å². The Labute approximate surface area is 277 Å². The van der Waals surface area contributed by atoms with Crippen LogP contribution in [0.1, 0.15) is 0 Å². The summed E-state index contributed by atoms with van der Waals surface area (Å²) in [4.78, 5) is 0. The Morgan fingerprint density at radius 1 is 0.429 bits per heavy atom. The number of rotatable bonds is 4. The normalized spacial score (nSPS) is 16.9. The van der Waals surface area contributed by atoms with E-state index in [1.54, 1.807) is 45.3 Å². The van der Waals surface area contributed by atoms with Gasteiger partial charge in [-0.1, -0.05) is 46.4 Å². The van der Waals surface area contributed by atoms with Gasteiger partial charge in [0.1, 0.15) is 52.9 Å². The molecule has 8 nitrogen and oxygen atoms in total. The summed E-state index contributed by atoms with van der Waals surface area (Å²) in [5, 5.41) is 8.21. The maximum atomic E-state index is 6.34. The van der Waals surface area contributed by atoms with Crippen LogP contribution in [0.4, 0.5) is 0 Å². The number of halogens is 4. The highest BCUT2D eigenvalue weighted by Crippen LogP contribution is 2.45. The molecule has 4 aliphatic rings. The van der Waals surface area contributed by atoms with Gasteiger partial charge in [0, 0.05) is 21.5 Å². The van der Waals surface area contributed by atoms with Gasteiger partial charge in [0.05, 0.1) is 18.0 Å². The van der Waals surface area contributed by atoms with Crippen LogP contribution in [-0.4, -0.2) is 64.2 Å². The van der Waals surface area contributed by atoms with E-state index >= 15 is 0 Å². The van der Waals surface area contributed by atoms with Crippen molar-refractivity contribution in [2.45, 2.75) is 3.25 Å². The van der Waals surface area contributed by atoms with Crippen LogP contribution in [0.5, 0.6) is 46.0 Å². The topological polar surface area (TPSA) is 73.8 Å². The van der Waals surface area contributed by atoms with Gasteiger partial charge in [-0.3, -0.25) is 0 Å². The third-order valence-corrected chi connectivity index (χ3v) is 18.3. The summed E-state index contributed by atoms with van der Waals surface area (Å²) in [5.41, 5.74) is 0. The van der Waals surface area contributed by atoms with Gasteiger partial charge in [0.25, 0.3) is 3.25 Å². The van der Waals surface area contributed by atoms with Crippen molar-refractivity contribution < 1.29 is 37.9 Å². The van der Waals surface area contributed by atoms with Crippen molar-refractivity contribution in [1.82, 2.24) is 0 Å². The lowest BCUT2D eigenvalue weighted by Gasteiger charge is -2.33. The zero-order valence-electron chi connectivity index (χ0n) is 21.4. The largest absolute Gasteiger partial charge is 0.485 e. The second-order valence-corrected chi connectivity index (χ2v) is 20.9. The van der Waals surface area contributed by atoms with Crippen molar-refractivity contribution in [2.24, 2.45) is 0 Å². The van der Waals surface area contributed by atoms with E-state index in [1.807, 2.05) is 0 Å². The lowest BCUT2D eigenvalue weighted by atomic mass is 10.5. The van der Waals surface area contributed by atoms with Crippen molar-refractivity contribution in [3.8, 4) is 46.0 Å². The third-order valence-electron chi connectivity index (χ3n) is 6.57.